The van der Waals surface area contributed by atoms with Crippen LogP contribution in [0, 0.1) is 12.7 Å². The summed E-state index contributed by atoms with van der Waals surface area (Å²) in [6, 6.07) is 14.0. The van der Waals surface area contributed by atoms with Gasteiger partial charge >= 0.3 is 0 Å². The van der Waals surface area contributed by atoms with Crippen LogP contribution < -0.4 is 11.1 Å². The van der Waals surface area contributed by atoms with Crippen molar-refractivity contribution < 1.29 is 14.0 Å². The fraction of sp³-hybridized carbons (Fsp3) is 0.440. The quantitative estimate of drug-likeness (QED) is 0.664. The van der Waals surface area contributed by atoms with Crippen molar-refractivity contribution in [2.75, 3.05) is 19.6 Å². The number of nitrogens with two attached hydrogens (primary N) is 1. The minimum absolute atomic E-state index is 0.0653. The summed E-state index contributed by atoms with van der Waals surface area (Å²) in [6.07, 6.45) is 2.78. The minimum atomic E-state index is -0.533. The maximum atomic E-state index is 13.4. The summed E-state index contributed by atoms with van der Waals surface area (Å²) in [7, 11) is 0. The molecule has 2 amide bonds. The first-order chi connectivity index (χ1) is 15.5. The number of carbonyl (C=O) groups is 2. The summed E-state index contributed by atoms with van der Waals surface area (Å²) in [5.41, 5.74) is 8.27. The Kier molecular flexibility index (Phi) is 6.86. The van der Waals surface area contributed by atoms with Crippen LogP contribution in [0.15, 0.2) is 48.5 Å². The fourth-order valence-corrected chi connectivity index (χ4v) is 4.47. The zero-order valence-corrected chi connectivity index (χ0v) is 18.5. The molecule has 2 unspecified atom stereocenters. The number of aryl methyl sites for hydroxylation is 1. The van der Waals surface area contributed by atoms with Crippen molar-refractivity contribution in [1.82, 2.24) is 15.1 Å². The molecule has 3 N–H and O–H groups in total. The van der Waals surface area contributed by atoms with Gasteiger partial charge in [0.05, 0.1) is 0 Å². The zero-order valence-electron chi connectivity index (χ0n) is 18.5. The first-order valence-electron chi connectivity index (χ1n) is 11.3. The maximum absolute atomic E-state index is 13.4. The highest BCUT2D eigenvalue weighted by Crippen LogP contribution is 2.35. The number of likely N-dealkylation sites (tertiary alicyclic amines) is 1. The summed E-state index contributed by atoms with van der Waals surface area (Å²) in [4.78, 5) is 30.4. The predicted molar refractivity (Wildman–Crippen MR) is 121 cm³/mol. The molecule has 0 spiro atoms. The Balaban J connectivity index is 1.55. The molecule has 32 heavy (non-hydrogen) atoms. The number of hydrogen-bond acceptors (Lipinski definition) is 4. The number of carbonyl (C=O) groups excluding carboxylic acids is 2. The Labute approximate surface area is 188 Å². The van der Waals surface area contributed by atoms with Gasteiger partial charge in [-0.05, 0) is 56.0 Å². The number of hydrogen-bond donors (Lipinski definition) is 2. The van der Waals surface area contributed by atoms with Gasteiger partial charge in [0, 0.05) is 43.8 Å². The molecule has 6 nitrogen and oxygen atoms in total. The van der Waals surface area contributed by atoms with Gasteiger partial charge in [-0.25, -0.2) is 4.39 Å². The van der Waals surface area contributed by atoms with E-state index in [0.29, 0.717) is 44.2 Å². The van der Waals surface area contributed by atoms with Gasteiger partial charge in [0.2, 0.25) is 5.91 Å². The predicted octanol–water partition coefficient (Wildman–Crippen LogP) is 2.46. The van der Waals surface area contributed by atoms with Crippen molar-refractivity contribution in [1.29, 1.82) is 0 Å². The summed E-state index contributed by atoms with van der Waals surface area (Å²) >= 11 is 0. The van der Waals surface area contributed by atoms with Crippen LogP contribution in [0.1, 0.15) is 40.7 Å². The SMILES string of the molecule is Cc1ccc(C(=O)N2CC(N(Cc3ccc(F)cc3)C3CC3)CC2C(=O)NCCN)cc1. The fourth-order valence-electron chi connectivity index (χ4n) is 4.47. The topological polar surface area (TPSA) is 78.7 Å². The smallest absolute Gasteiger partial charge is 0.254 e. The van der Waals surface area contributed by atoms with E-state index in [4.69, 9.17) is 5.73 Å². The monoisotopic (exact) mass is 438 g/mol. The average Bonchev–Trinajstić information content (AvgIpc) is 3.54. The maximum Gasteiger partial charge on any atom is 0.254 e. The number of rotatable bonds is 8. The third kappa shape index (κ3) is 5.16. The number of halogens is 1. The van der Waals surface area contributed by atoms with E-state index in [1.807, 2.05) is 31.2 Å². The van der Waals surface area contributed by atoms with Crippen LogP contribution in [0.4, 0.5) is 4.39 Å². The van der Waals surface area contributed by atoms with E-state index >= 15 is 0 Å². The Morgan fingerprint density at radius 1 is 1.09 bits per heavy atom. The highest BCUT2D eigenvalue weighted by molar-refractivity contribution is 5.98. The van der Waals surface area contributed by atoms with Gasteiger partial charge in [-0.1, -0.05) is 29.8 Å². The molecule has 1 aliphatic heterocycles. The number of benzene rings is 2. The third-order valence-electron chi connectivity index (χ3n) is 6.35. The third-order valence-corrected chi connectivity index (χ3v) is 6.35. The van der Waals surface area contributed by atoms with Gasteiger partial charge in [0.25, 0.3) is 5.91 Å². The molecule has 7 heteroatoms. The lowest BCUT2D eigenvalue weighted by Crippen LogP contribution is -2.47. The molecule has 1 aliphatic carbocycles. The summed E-state index contributed by atoms with van der Waals surface area (Å²) < 4.78 is 13.4. The van der Waals surface area contributed by atoms with E-state index in [-0.39, 0.29) is 23.7 Å². The second-order valence-corrected chi connectivity index (χ2v) is 8.84. The Hall–Kier alpha value is -2.77. The van der Waals surface area contributed by atoms with Crippen LogP contribution in [0.3, 0.4) is 0 Å². The number of nitrogens with one attached hydrogen (secondary N) is 1. The van der Waals surface area contributed by atoms with Crippen molar-refractivity contribution in [2.24, 2.45) is 5.73 Å². The number of amides is 2. The molecule has 1 saturated carbocycles. The van der Waals surface area contributed by atoms with Crippen molar-refractivity contribution >= 4 is 11.8 Å². The van der Waals surface area contributed by atoms with Crippen LogP contribution in [-0.4, -0.2) is 59.4 Å². The summed E-state index contributed by atoms with van der Waals surface area (Å²) in [6.45, 7) is 3.89. The average molecular weight is 439 g/mol. The molecule has 2 atom stereocenters. The van der Waals surface area contributed by atoms with Gasteiger partial charge in [-0.3, -0.25) is 14.5 Å². The Bertz CT molecular complexity index is 943. The lowest BCUT2D eigenvalue weighted by molar-refractivity contribution is -0.124. The van der Waals surface area contributed by atoms with Crippen LogP contribution in [0.2, 0.25) is 0 Å². The number of nitrogens with zero attached hydrogens (tertiary/aromatic N) is 2. The van der Waals surface area contributed by atoms with Gasteiger partial charge in [0.1, 0.15) is 11.9 Å². The highest BCUT2D eigenvalue weighted by Gasteiger charge is 2.45. The first kappa shape index (κ1) is 22.4. The standard InChI is InChI=1S/C25H31FN4O2/c1-17-2-6-19(7-3-17)25(32)30-16-22(14-23(30)24(31)28-13-12-27)29(21-10-11-21)15-18-4-8-20(26)9-5-18/h2-9,21-23H,10-16,27H2,1H3,(H,28,31). The molecule has 1 saturated heterocycles. The van der Waals surface area contributed by atoms with E-state index in [1.54, 1.807) is 17.0 Å². The van der Waals surface area contributed by atoms with Crippen LogP contribution in [0.5, 0.6) is 0 Å². The normalized spacial score (nSPS) is 20.6. The molecule has 0 bridgehead atoms. The second-order valence-electron chi connectivity index (χ2n) is 8.84. The van der Waals surface area contributed by atoms with E-state index < -0.39 is 6.04 Å². The van der Waals surface area contributed by atoms with Crippen molar-refractivity contribution in [3.05, 3.63) is 71.0 Å². The minimum Gasteiger partial charge on any atom is -0.353 e. The Morgan fingerprint density at radius 2 is 1.78 bits per heavy atom. The van der Waals surface area contributed by atoms with Crippen LogP contribution in [-0.2, 0) is 11.3 Å². The molecule has 1 heterocycles. The first-order valence-corrected chi connectivity index (χ1v) is 11.3. The van der Waals surface area contributed by atoms with Crippen molar-refractivity contribution in [2.45, 2.75) is 50.9 Å². The lowest BCUT2D eigenvalue weighted by Gasteiger charge is -2.29. The van der Waals surface area contributed by atoms with E-state index in [2.05, 4.69) is 10.2 Å². The van der Waals surface area contributed by atoms with Crippen molar-refractivity contribution in [3.8, 4) is 0 Å². The molecule has 2 aliphatic rings. The molecule has 0 aromatic heterocycles. The molecular weight excluding hydrogens is 407 g/mol. The molecule has 0 radical (unpaired) electrons. The molecule has 2 fully saturated rings. The highest BCUT2D eigenvalue weighted by atomic mass is 19.1. The molecule has 4 rings (SSSR count). The second kappa shape index (κ2) is 9.79. The summed E-state index contributed by atoms with van der Waals surface area (Å²) in [5.74, 6) is -0.534. The molecule has 2 aromatic rings. The Morgan fingerprint density at radius 3 is 2.41 bits per heavy atom. The van der Waals surface area contributed by atoms with E-state index in [9.17, 15) is 14.0 Å². The summed E-state index contributed by atoms with van der Waals surface area (Å²) in [5, 5.41) is 2.86. The van der Waals surface area contributed by atoms with Crippen molar-refractivity contribution in [3.63, 3.8) is 0 Å². The van der Waals surface area contributed by atoms with Gasteiger partial charge in [0.15, 0.2) is 0 Å². The largest absolute Gasteiger partial charge is 0.353 e. The van der Waals surface area contributed by atoms with Crippen LogP contribution >= 0.6 is 0 Å². The van der Waals surface area contributed by atoms with E-state index in [0.717, 1.165) is 24.0 Å². The van der Waals surface area contributed by atoms with Gasteiger partial charge < -0.3 is 16.0 Å². The molecule has 2 aromatic carbocycles. The zero-order chi connectivity index (χ0) is 22.7. The van der Waals surface area contributed by atoms with Gasteiger partial charge in [-0.2, -0.15) is 0 Å². The van der Waals surface area contributed by atoms with E-state index in [1.165, 1.54) is 12.1 Å². The lowest BCUT2D eigenvalue weighted by atomic mass is 10.1. The molecule has 170 valence electrons. The van der Waals surface area contributed by atoms with Crippen LogP contribution in [0.25, 0.3) is 0 Å². The molecular formula is C25H31FN4O2. The van der Waals surface area contributed by atoms with Gasteiger partial charge in [-0.15, -0.1) is 0 Å².